The molecule has 1 aromatic heterocycles. The normalized spacial score (nSPS) is 11.0. The summed E-state index contributed by atoms with van der Waals surface area (Å²) >= 11 is 7.44. The van der Waals surface area contributed by atoms with Crippen LogP contribution in [0.1, 0.15) is 23.4 Å². The van der Waals surface area contributed by atoms with Gasteiger partial charge < -0.3 is 9.30 Å². The molecule has 1 heterocycles. The molecule has 0 N–H and O–H groups in total. The highest BCUT2D eigenvalue weighted by Crippen LogP contribution is 2.24. The van der Waals surface area contributed by atoms with Crippen LogP contribution in [0.2, 0.25) is 5.02 Å². The summed E-state index contributed by atoms with van der Waals surface area (Å²) in [5, 5.41) is 9.96. The zero-order valence-corrected chi connectivity index (χ0v) is 16.9. The largest absolute Gasteiger partial charge is 0.493 e. The lowest BCUT2D eigenvalue weighted by Crippen LogP contribution is -2.04. The minimum atomic E-state index is -0.193. The number of thioether (sulfide) groups is 1. The van der Waals surface area contributed by atoms with Gasteiger partial charge in [-0.1, -0.05) is 41.6 Å². The molecule has 4 nitrogen and oxygen atoms in total. The maximum atomic E-state index is 13.7. The fourth-order valence-corrected chi connectivity index (χ4v) is 3.78. The van der Waals surface area contributed by atoms with E-state index >= 15 is 0 Å². The Morgan fingerprint density at radius 2 is 2.00 bits per heavy atom. The number of ether oxygens (including phenoxy) is 1. The molecule has 0 spiro atoms. The van der Waals surface area contributed by atoms with Crippen LogP contribution < -0.4 is 4.74 Å². The highest BCUT2D eigenvalue weighted by molar-refractivity contribution is 7.98. The molecule has 0 amide bonds. The quantitative estimate of drug-likeness (QED) is 0.380. The standard InChI is InChI=1S/C20H21ClFN3OS/c1-14-12-16(21)9-10-18(14)26-11-5-8-19-23-24-20(25(19)2)27-13-15-6-3-4-7-17(15)22/h3-4,6-7,9-10,12H,5,8,11,13H2,1-2H3. The van der Waals surface area contributed by atoms with Gasteiger partial charge in [0.2, 0.25) is 0 Å². The Morgan fingerprint density at radius 3 is 2.78 bits per heavy atom. The van der Waals surface area contributed by atoms with E-state index < -0.39 is 0 Å². The maximum absolute atomic E-state index is 13.7. The number of hydrogen-bond acceptors (Lipinski definition) is 4. The summed E-state index contributed by atoms with van der Waals surface area (Å²) in [7, 11) is 1.93. The second-order valence-corrected chi connectivity index (χ2v) is 7.58. The van der Waals surface area contributed by atoms with Crippen LogP contribution in [-0.4, -0.2) is 21.4 Å². The van der Waals surface area contributed by atoms with Crippen LogP contribution in [-0.2, 0) is 19.2 Å². The Kier molecular flexibility index (Phi) is 6.74. The third-order valence-electron chi connectivity index (χ3n) is 4.18. The summed E-state index contributed by atoms with van der Waals surface area (Å²) in [4.78, 5) is 0. The Morgan fingerprint density at radius 1 is 1.19 bits per heavy atom. The van der Waals surface area contributed by atoms with Crippen LogP contribution in [0.3, 0.4) is 0 Å². The lowest BCUT2D eigenvalue weighted by atomic mass is 10.2. The van der Waals surface area contributed by atoms with E-state index in [0.29, 0.717) is 22.9 Å². The molecule has 2 aromatic carbocycles. The number of nitrogens with zero attached hydrogens (tertiary/aromatic N) is 3. The average Bonchev–Trinajstić information content (AvgIpc) is 2.99. The number of hydrogen-bond donors (Lipinski definition) is 0. The molecule has 27 heavy (non-hydrogen) atoms. The maximum Gasteiger partial charge on any atom is 0.191 e. The first-order chi connectivity index (χ1) is 13.0. The molecule has 0 unspecified atom stereocenters. The first-order valence-corrected chi connectivity index (χ1v) is 10.0. The van der Waals surface area contributed by atoms with Crippen LogP contribution >= 0.6 is 23.4 Å². The number of aromatic nitrogens is 3. The number of aryl methyl sites for hydroxylation is 2. The molecule has 0 aliphatic rings. The van der Waals surface area contributed by atoms with Gasteiger partial charge in [-0.25, -0.2) is 4.39 Å². The molecule has 0 atom stereocenters. The second kappa shape index (κ2) is 9.24. The van der Waals surface area contributed by atoms with Crippen molar-refractivity contribution in [3.63, 3.8) is 0 Å². The molecule has 3 aromatic rings. The molecule has 0 saturated carbocycles. The SMILES string of the molecule is Cc1cc(Cl)ccc1OCCCc1nnc(SCc2ccccc2F)n1C. The van der Waals surface area contributed by atoms with Gasteiger partial charge in [0.1, 0.15) is 17.4 Å². The molecule has 7 heteroatoms. The van der Waals surface area contributed by atoms with E-state index in [-0.39, 0.29) is 5.82 Å². The van der Waals surface area contributed by atoms with E-state index in [9.17, 15) is 4.39 Å². The molecule has 0 saturated heterocycles. The van der Waals surface area contributed by atoms with Gasteiger partial charge in [-0.3, -0.25) is 0 Å². The van der Waals surface area contributed by atoms with Crippen molar-refractivity contribution < 1.29 is 9.13 Å². The smallest absolute Gasteiger partial charge is 0.191 e. The molecule has 0 radical (unpaired) electrons. The summed E-state index contributed by atoms with van der Waals surface area (Å²) in [5.41, 5.74) is 1.69. The lowest BCUT2D eigenvalue weighted by Gasteiger charge is -2.09. The Bertz CT molecular complexity index is 916. The fourth-order valence-electron chi connectivity index (χ4n) is 2.63. The third-order valence-corrected chi connectivity index (χ3v) is 5.48. The average molecular weight is 406 g/mol. The van der Waals surface area contributed by atoms with Crippen molar-refractivity contribution in [1.82, 2.24) is 14.8 Å². The number of benzene rings is 2. The highest BCUT2D eigenvalue weighted by atomic mass is 35.5. The first-order valence-electron chi connectivity index (χ1n) is 8.68. The third kappa shape index (κ3) is 5.23. The zero-order chi connectivity index (χ0) is 19.2. The Balaban J connectivity index is 1.49. The van der Waals surface area contributed by atoms with Crippen LogP contribution in [0.4, 0.5) is 4.39 Å². The van der Waals surface area contributed by atoms with E-state index in [1.54, 1.807) is 12.1 Å². The summed E-state index contributed by atoms with van der Waals surface area (Å²) in [6.07, 6.45) is 1.59. The van der Waals surface area contributed by atoms with Crippen molar-refractivity contribution in [2.75, 3.05) is 6.61 Å². The van der Waals surface area contributed by atoms with Crippen LogP contribution in [0.25, 0.3) is 0 Å². The Labute approximate surface area is 167 Å². The predicted molar refractivity (Wildman–Crippen MR) is 107 cm³/mol. The Hall–Kier alpha value is -2.05. The van der Waals surface area contributed by atoms with Gasteiger partial charge in [0, 0.05) is 24.2 Å². The monoisotopic (exact) mass is 405 g/mol. The van der Waals surface area contributed by atoms with Crippen LogP contribution in [0.5, 0.6) is 5.75 Å². The molecule has 0 fully saturated rings. The van der Waals surface area contributed by atoms with E-state index in [1.165, 1.54) is 17.8 Å². The van der Waals surface area contributed by atoms with Crippen LogP contribution in [0, 0.1) is 12.7 Å². The summed E-state index contributed by atoms with van der Waals surface area (Å²) in [5.74, 6) is 2.07. The van der Waals surface area contributed by atoms with Crippen LogP contribution in [0.15, 0.2) is 47.6 Å². The first kappa shape index (κ1) is 19.7. The van der Waals surface area contributed by atoms with Gasteiger partial charge in [0.05, 0.1) is 6.61 Å². The van der Waals surface area contributed by atoms with Gasteiger partial charge >= 0.3 is 0 Å². The number of rotatable bonds is 8. The summed E-state index contributed by atoms with van der Waals surface area (Å²) in [6.45, 7) is 2.57. The van der Waals surface area contributed by atoms with E-state index in [4.69, 9.17) is 16.3 Å². The highest BCUT2D eigenvalue weighted by Gasteiger charge is 2.11. The molecule has 3 rings (SSSR count). The topological polar surface area (TPSA) is 39.9 Å². The molecular formula is C20H21ClFN3OS. The van der Waals surface area contributed by atoms with E-state index in [0.717, 1.165) is 35.1 Å². The predicted octanol–water partition coefficient (Wildman–Crippen LogP) is 5.22. The van der Waals surface area contributed by atoms with Crippen molar-refractivity contribution in [1.29, 1.82) is 0 Å². The lowest BCUT2D eigenvalue weighted by molar-refractivity contribution is 0.307. The van der Waals surface area contributed by atoms with Gasteiger partial charge in [0.15, 0.2) is 5.16 Å². The zero-order valence-electron chi connectivity index (χ0n) is 15.3. The number of halogens is 2. The fraction of sp³-hybridized carbons (Fsp3) is 0.300. The summed E-state index contributed by atoms with van der Waals surface area (Å²) in [6, 6.07) is 12.4. The van der Waals surface area contributed by atoms with Gasteiger partial charge in [-0.05, 0) is 48.7 Å². The van der Waals surface area contributed by atoms with Crippen molar-refractivity contribution in [2.24, 2.45) is 7.05 Å². The van der Waals surface area contributed by atoms with Crippen molar-refractivity contribution >= 4 is 23.4 Å². The molecule has 0 aliphatic heterocycles. The van der Waals surface area contributed by atoms with E-state index in [2.05, 4.69) is 10.2 Å². The molecule has 0 bridgehead atoms. The van der Waals surface area contributed by atoms with E-state index in [1.807, 2.05) is 42.8 Å². The molecule has 0 aliphatic carbocycles. The van der Waals surface area contributed by atoms with Gasteiger partial charge in [-0.2, -0.15) is 0 Å². The minimum Gasteiger partial charge on any atom is -0.493 e. The van der Waals surface area contributed by atoms with Gasteiger partial charge in [-0.15, -0.1) is 10.2 Å². The molecular weight excluding hydrogens is 385 g/mol. The minimum absolute atomic E-state index is 0.193. The van der Waals surface area contributed by atoms with Gasteiger partial charge in [0.25, 0.3) is 0 Å². The molecule has 142 valence electrons. The van der Waals surface area contributed by atoms with Crippen molar-refractivity contribution in [3.05, 3.63) is 70.3 Å². The summed E-state index contributed by atoms with van der Waals surface area (Å²) < 4.78 is 21.5. The second-order valence-electron chi connectivity index (χ2n) is 6.20. The van der Waals surface area contributed by atoms with Crippen molar-refractivity contribution in [2.45, 2.75) is 30.7 Å². The van der Waals surface area contributed by atoms with Crippen molar-refractivity contribution in [3.8, 4) is 5.75 Å².